The van der Waals surface area contributed by atoms with Gasteiger partial charge in [-0.3, -0.25) is 13.9 Å². The third-order valence-corrected chi connectivity index (χ3v) is 6.56. The molecule has 1 N–H and O–H groups in total. The molecular formula is C24H32BrN3O5S. The van der Waals surface area contributed by atoms with Gasteiger partial charge in [0.05, 0.1) is 19.1 Å². The van der Waals surface area contributed by atoms with Gasteiger partial charge in [0, 0.05) is 16.6 Å². The Morgan fingerprint density at radius 1 is 1.12 bits per heavy atom. The fourth-order valence-corrected chi connectivity index (χ4v) is 4.50. The average molecular weight is 555 g/mol. The molecule has 186 valence electrons. The lowest BCUT2D eigenvalue weighted by atomic mass is 10.1. The van der Waals surface area contributed by atoms with Crippen molar-refractivity contribution in [3.63, 3.8) is 0 Å². The Labute approximate surface area is 210 Å². The Hall–Kier alpha value is -2.59. The highest BCUT2D eigenvalue weighted by molar-refractivity contribution is 9.10. The van der Waals surface area contributed by atoms with Crippen molar-refractivity contribution in [2.24, 2.45) is 0 Å². The van der Waals surface area contributed by atoms with Crippen LogP contribution in [-0.4, -0.2) is 56.6 Å². The van der Waals surface area contributed by atoms with Gasteiger partial charge in [-0.25, -0.2) is 8.42 Å². The molecule has 2 rings (SSSR count). The Morgan fingerprint density at radius 2 is 1.76 bits per heavy atom. The number of methoxy groups -OCH3 is 1. The van der Waals surface area contributed by atoms with Crippen LogP contribution < -0.4 is 14.4 Å². The quantitative estimate of drug-likeness (QED) is 0.512. The highest BCUT2D eigenvalue weighted by Crippen LogP contribution is 2.23. The number of hydrogen-bond acceptors (Lipinski definition) is 5. The van der Waals surface area contributed by atoms with Crippen molar-refractivity contribution in [2.75, 3.05) is 24.2 Å². The summed E-state index contributed by atoms with van der Waals surface area (Å²) in [6.07, 6.45) is 1.04. The van der Waals surface area contributed by atoms with Crippen molar-refractivity contribution in [3.8, 4) is 5.75 Å². The molecule has 0 spiro atoms. The number of ether oxygens (including phenoxy) is 1. The summed E-state index contributed by atoms with van der Waals surface area (Å²) in [6, 6.07) is 13.0. The van der Waals surface area contributed by atoms with Crippen molar-refractivity contribution >= 4 is 43.5 Å². The van der Waals surface area contributed by atoms with E-state index in [4.69, 9.17) is 4.74 Å². The number of carbonyl (C=O) groups is 2. The number of hydrogen-bond donors (Lipinski definition) is 1. The molecule has 0 unspecified atom stereocenters. The van der Waals surface area contributed by atoms with Gasteiger partial charge in [-0.2, -0.15) is 0 Å². The van der Waals surface area contributed by atoms with E-state index in [0.717, 1.165) is 16.1 Å². The number of nitrogens with one attached hydrogen (secondary N) is 1. The van der Waals surface area contributed by atoms with Gasteiger partial charge in [0.25, 0.3) is 0 Å². The Morgan fingerprint density at radius 3 is 2.32 bits per heavy atom. The van der Waals surface area contributed by atoms with Crippen molar-refractivity contribution < 1.29 is 22.7 Å². The molecule has 1 atom stereocenters. The minimum Gasteiger partial charge on any atom is -0.497 e. The Balaban J connectivity index is 2.42. The molecule has 0 aromatic heterocycles. The normalized spacial score (nSPS) is 12.6. The van der Waals surface area contributed by atoms with Crippen LogP contribution in [0.4, 0.5) is 5.69 Å². The lowest BCUT2D eigenvalue weighted by Crippen LogP contribution is -2.54. The molecule has 0 aliphatic heterocycles. The van der Waals surface area contributed by atoms with Crippen LogP contribution in [0.5, 0.6) is 5.75 Å². The molecule has 2 aromatic carbocycles. The second kappa shape index (κ2) is 11.2. The van der Waals surface area contributed by atoms with Gasteiger partial charge in [0.1, 0.15) is 18.3 Å². The summed E-state index contributed by atoms with van der Waals surface area (Å²) < 4.78 is 32.1. The first-order valence-corrected chi connectivity index (χ1v) is 13.3. The number of rotatable bonds is 9. The summed E-state index contributed by atoms with van der Waals surface area (Å²) in [5, 5.41) is 2.89. The monoisotopic (exact) mass is 553 g/mol. The maximum absolute atomic E-state index is 13.5. The highest BCUT2D eigenvalue weighted by atomic mass is 79.9. The number of amides is 2. The molecule has 34 heavy (non-hydrogen) atoms. The number of benzene rings is 2. The fourth-order valence-electron chi connectivity index (χ4n) is 3.27. The SMILES string of the molecule is COc1cccc(CN(C(=O)CN(c2cccc(Br)c2)S(C)(=O)=O)[C@@H](C)C(=O)NC(C)(C)C)c1. The third-order valence-electron chi connectivity index (χ3n) is 4.93. The molecule has 2 amide bonds. The predicted octanol–water partition coefficient (Wildman–Crippen LogP) is 3.56. The van der Waals surface area contributed by atoms with E-state index in [1.54, 1.807) is 56.5 Å². The van der Waals surface area contributed by atoms with E-state index in [9.17, 15) is 18.0 Å². The topological polar surface area (TPSA) is 96.0 Å². The number of anilines is 1. The zero-order valence-electron chi connectivity index (χ0n) is 20.3. The van der Waals surface area contributed by atoms with Crippen LogP contribution in [0.2, 0.25) is 0 Å². The van der Waals surface area contributed by atoms with E-state index < -0.39 is 34.1 Å². The van der Waals surface area contributed by atoms with Gasteiger partial charge in [-0.05, 0) is 63.6 Å². The number of halogens is 1. The first-order valence-electron chi connectivity index (χ1n) is 10.7. The summed E-state index contributed by atoms with van der Waals surface area (Å²) in [5.41, 5.74) is 0.598. The van der Waals surface area contributed by atoms with E-state index in [-0.39, 0.29) is 12.5 Å². The number of sulfonamides is 1. The van der Waals surface area contributed by atoms with E-state index in [1.165, 1.54) is 4.90 Å². The molecule has 0 bridgehead atoms. The first kappa shape index (κ1) is 27.7. The lowest BCUT2D eigenvalue weighted by Gasteiger charge is -2.33. The third kappa shape index (κ3) is 8.02. The second-order valence-corrected chi connectivity index (χ2v) is 11.9. The molecule has 0 heterocycles. The zero-order chi connectivity index (χ0) is 25.7. The van der Waals surface area contributed by atoms with E-state index in [0.29, 0.717) is 15.9 Å². The second-order valence-electron chi connectivity index (χ2n) is 9.04. The van der Waals surface area contributed by atoms with Crippen LogP contribution in [0.3, 0.4) is 0 Å². The molecular weight excluding hydrogens is 522 g/mol. The summed E-state index contributed by atoms with van der Waals surface area (Å²) in [6.45, 7) is 6.83. The van der Waals surface area contributed by atoms with Gasteiger partial charge >= 0.3 is 0 Å². The van der Waals surface area contributed by atoms with Gasteiger partial charge < -0.3 is 15.0 Å². The van der Waals surface area contributed by atoms with Crippen molar-refractivity contribution in [1.29, 1.82) is 0 Å². The molecule has 0 fully saturated rings. The molecule has 0 aliphatic carbocycles. The van der Waals surface area contributed by atoms with Crippen LogP contribution in [-0.2, 0) is 26.2 Å². The standard InChI is InChI=1S/C24H32BrN3O5S/c1-17(23(30)26-24(2,3)4)27(15-18-9-7-12-21(13-18)33-5)22(29)16-28(34(6,31)32)20-11-8-10-19(25)14-20/h7-14,17H,15-16H2,1-6H3,(H,26,30)/t17-/m0/s1. The first-order chi connectivity index (χ1) is 15.7. The van der Waals surface area contributed by atoms with Crippen molar-refractivity contribution in [2.45, 2.75) is 45.8 Å². The van der Waals surface area contributed by atoms with Gasteiger partial charge in [-0.15, -0.1) is 0 Å². The van der Waals surface area contributed by atoms with Gasteiger partial charge in [-0.1, -0.05) is 34.1 Å². The summed E-state index contributed by atoms with van der Waals surface area (Å²) in [7, 11) is -2.23. The molecule has 0 saturated carbocycles. The predicted molar refractivity (Wildman–Crippen MR) is 137 cm³/mol. The number of carbonyl (C=O) groups excluding carboxylic acids is 2. The molecule has 0 saturated heterocycles. The average Bonchev–Trinajstić information content (AvgIpc) is 2.73. The maximum Gasteiger partial charge on any atom is 0.244 e. The molecule has 0 radical (unpaired) electrons. The summed E-state index contributed by atoms with van der Waals surface area (Å²) in [5.74, 6) is -0.231. The van der Waals surface area contributed by atoms with Crippen LogP contribution in [0, 0.1) is 0 Å². The van der Waals surface area contributed by atoms with Crippen LogP contribution >= 0.6 is 15.9 Å². The fraction of sp³-hybridized carbons (Fsp3) is 0.417. The maximum atomic E-state index is 13.5. The minimum atomic E-state index is -3.78. The zero-order valence-corrected chi connectivity index (χ0v) is 22.7. The Kier molecular flexibility index (Phi) is 9.13. The minimum absolute atomic E-state index is 0.102. The van der Waals surface area contributed by atoms with Crippen molar-refractivity contribution in [1.82, 2.24) is 10.2 Å². The number of nitrogens with zero attached hydrogens (tertiary/aromatic N) is 2. The van der Waals surface area contributed by atoms with Gasteiger partial charge in [0.15, 0.2) is 0 Å². The van der Waals surface area contributed by atoms with Crippen LogP contribution in [0.25, 0.3) is 0 Å². The lowest BCUT2D eigenvalue weighted by molar-refractivity contribution is -0.140. The van der Waals surface area contributed by atoms with E-state index in [2.05, 4.69) is 21.2 Å². The van der Waals surface area contributed by atoms with Crippen LogP contribution in [0.1, 0.15) is 33.3 Å². The van der Waals surface area contributed by atoms with Gasteiger partial charge in [0.2, 0.25) is 21.8 Å². The Bertz CT molecular complexity index is 1130. The summed E-state index contributed by atoms with van der Waals surface area (Å²) >= 11 is 3.34. The highest BCUT2D eigenvalue weighted by Gasteiger charge is 2.31. The smallest absolute Gasteiger partial charge is 0.244 e. The summed E-state index contributed by atoms with van der Waals surface area (Å²) in [4.78, 5) is 27.9. The van der Waals surface area contributed by atoms with E-state index in [1.807, 2.05) is 26.8 Å². The molecule has 10 heteroatoms. The molecule has 2 aromatic rings. The van der Waals surface area contributed by atoms with Crippen molar-refractivity contribution in [3.05, 3.63) is 58.6 Å². The van der Waals surface area contributed by atoms with Crippen LogP contribution in [0.15, 0.2) is 53.0 Å². The molecule has 0 aliphatic rings. The largest absolute Gasteiger partial charge is 0.497 e. The van der Waals surface area contributed by atoms with E-state index >= 15 is 0 Å². The molecule has 8 nitrogen and oxygen atoms in total.